The van der Waals surface area contributed by atoms with Gasteiger partial charge >= 0.3 is 5.97 Å². The van der Waals surface area contributed by atoms with Gasteiger partial charge in [-0.05, 0) is 26.0 Å². The van der Waals surface area contributed by atoms with E-state index in [2.05, 4.69) is 0 Å². The minimum atomic E-state index is -1.24. The molecule has 1 rings (SSSR count). The van der Waals surface area contributed by atoms with Crippen molar-refractivity contribution in [3.63, 3.8) is 0 Å². The predicted octanol–water partition coefficient (Wildman–Crippen LogP) is 1.94. The van der Waals surface area contributed by atoms with E-state index in [9.17, 15) is 4.79 Å². The zero-order chi connectivity index (χ0) is 11.5. The van der Waals surface area contributed by atoms with E-state index in [4.69, 9.17) is 14.6 Å². The molecule has 4 nitrogen and oxygen atoms in total. The lowest BCUT2D eigenvalue weighted by molar-refractivity contribution is -0.152. The number of carboxylic acid groups (broad SMARTS) is 1. The van der Waals surface area contributed by atoms with Crippen LogP contribution in [-0.4, -0.2) is 23.8 Å². The fraction of sp³-hybridized carbons (Fsp3) is 0.364. The van der Waals surface area contributed by atoms with Gasteiger partial charge in [0.15, 0.2) is 5.60 Å². The fourth-order valence-corrected chi connectivity index (χ4v) is 1.00. The van der Waals surface area contributed by atoms with Crippen LogP contribution in [0, 0.1) is 0 Å². The monoisotopic (exact) mass is 210 g/mol. The van der Waals surface area contributed by atoms with Gasteiger partial charge in [0.1, 0.15) is 11.5 Å². The van der Waals surface area contributed by atoms with E-state index in [-0.39, 0.29) is 0 Å². The first kappa shape index (κ1) is 11.4. The standard InChI is InChI=1S/C11H14O4/c1-11(2,10(12)13)15-9-6-4-5-8(7-9)14-3/h4-7H,1-3H3,(H,12,13). The lowest BCUT2D eigenvalue weighted by Gasteiger charge is -2.21. The number of rotatable bonds is 4. The van der Waals surface area contributed by atoms with Crippen LogP contribution in [0.4, 0.5) is 0 Å². The Morgan fingerprint density at radius 1 is 1.33 bits per heavy atom. The minimum absolute atomic E-state index is 0.474. The van der Waals surface area contributed by atoms with E-state index >= 15 is 0 Å². The lowest BCUT2D eigenvalue weighted by atomic mass is 10.1. The van der Waals surface area contributed by atoms with Gasteiger partial charge in [-0.15, -0.1) is 0 Å². The molecule has 0 heterocycles. The maximum atomic E-state index is 10.8. The third-order valence-corrected chi connectivity index (χ3v) is 1.93. The number of carbonyl (C=O) groups is 1. The van der Waals surface area contributed by atoms with E-state index in [1.54, 1.807) is 31.4 Å². The molecule has 0 amide bonds. The summed E-state index contributed by atoms with van der Waals surface area (Å²) < 4.78 is 10.3. The third-order valence-electron chi connectivity index (χ3n) is 1.93. The molecule has 0 saturated carbocycles. The van der Waals surface area contributed by atoms with Crippen molar-refractivity contribution in [2.24, 2.45) is 0 Å². The Morgan fingerprint density at radius 3 is 2.47 bits per heavy atom. The normalized spacial score (nSPS) is 10.9. The van der Waals surface area contributed by atoms with Gasteiger partial charge in [-0.2, -0.15) is 0 Å². The fourth-order valence-electron chi connectivity index (χ4n) is 1.00. The maximum absolute atomic E-state index is 10.8. The molecule has 4 heteroatoms. The van der Waals surface area contributed by atoms with Crippen LogP contribution in [-0.2, 0) is 4.79 Å². The van der Waals surface area contributed by atoms with E-state index in [1.165, 1.54) is 13.8 Å². The summed E-state index contributed by atoms with van der Waals surface area (Å²) in [6.07, 6.45) is 0. The third kappa shape index (κ3) is 2.87. The Labute approximate surface area is 88.4 Å². The molecule has 0 aliphatic rings. The van der Waals surface area contributed by atoms with Crippen LogP contribution in [0.15, 0.2) is 24.3 Å². The van der Waals surface area contributed by atoms with Crippen LogP contribution in [0.2, 0.25) is 0 Å². The Hall–Kier alpha value is -1.71. The topological polar surface area (TPSA) is 55.8 Å². The van der Waals surface area contributed by atoms with Crippen molar-refractivity contribution in [3.8, 4) is 11.5 Å². The second-order valence-corrected chi connectivity index (χ2v) is 3.60. The average molecular weight is 210 g/mol. The first-order valence-corrected chi connectivity index (χ1v) is 4.52. The number of aliphatic carboxylic acids is 1. The lowest BCUT2D eigenvalue weighted by Crippen LogP contribution is -2.37. The summed E-state index contributed by atoms with van der Waals surface area (Å²) in [6.45, 7) is 2.99. The number of hydrogen-bond acceptors (Lipinski definition) is 3. The number of hydrogen-bond donors (Lipinski definition) is 1. The second-order valence-electron chi connectivity index (χ2n) is 3.60. The number of methoxy groups -OCH3 is 1. The molecule has 15 heavy (non-hydrogen) atoms. The Balaban J connectivity index is 2.85. The summed E-state index contributed by atoms with van der Waals surface area (Å²) in [5.41, 5.74) is -1.24. The van der Waals surface area contributed by atoms with Gasteiger partial charge in [0.25, 0.3) is 0 Å². The van der Waals surface area contributed by atoms with Crippen LogP contribution in [0.1, 0.15) is 13.8 Å². The molecule has 0 saturated heterocycles. The van der Waals surface area contributed by atoms with E-state index < -0.39 is 11.6 Å². The number of benzene rings is 1. The summed E-state index contributed by atoms with van der Waals surface area (Å²) in [6, 6.07) is 6.84. The highest BCUT2D eigenvalue weighted by Crippen LogP contribution is 2.23. The van der Waals surface area contributed by atoms with Gasteiger partial charge in [0, 0.05) is 6.07 Å². The SMILES string of the molecule is COc1cccc(OC(C)(C)C(=O)O)c1. The molecule has 0 aliphatic heterocycles. The molecule has 0 bridgehead atoms. The van der Waals surface area contributed by atoms with Crippen LogP contribution >= 0.6 is 0 Å². The van der Waals surface area contributed by atoms with Crippen molar-refractivity contribution >= 4 is 5.97 Å². The maximum Gasteiger partial charge on any atom is 0.347 e. The van der Waals surface area contributed by atoms with E-state index in [1.807, 2.05) is 0 Å². The summed E-state index contributed by atoms with van der Waals surface area (Å²) in [4.78, 5) is 10.8. The van der Waals surface area contributed by atoms with Crippen LogP contribution in [0.5, 0.6) is 11.5 Å². The highest BCUT2D eigenvalue weighted by Gasteiger charge is 2.29. The molecule has 1 N–H and O–H groups in total. The number of ether oxygens (including phenoxy) is 2. The molecule has 82 valence electrons. The molecule has 0 aliphatic carbocycles. The molecular formula is C11H14O4. The molecule has 0 radical (unpaired) electrons. The van der Waals surface area contributed by atoms with Gasteiger partial charge in [0.05, 0.1) is 7.11 Å². The molecular weight excluding hydrogens is 196 g/mol. The van der Waals surface area contributed by atoms with Crippen molar-refractivity contribution < 1.29 is 19.4 Å². The molecule has 0 fully saturated rings. The van der Waals surface area contributed by atoms with Gasteiger partial charge in [-0.1, -0.05) is 6.07 Å². The zero-order valence-electron chi connectivity index (χ0n) is 8.98. The summed E-state index contributed by atoms with van der Waals surface area (Å²) >= 11 is 0. The van der Waals surface area contributed by atoms with Crippen molar-refractivity contribution in [3.05, 3.63) is 24.3 Å². The van der Waals surface area contributed by atoms with Crippen molar-refractivity contribution in [1.29, 1.82) is 0 Å². The summed E-state index contributed by atoms with van der Waals surface area (Å²) in [7, 11) is 1.54. The van der Waals surface area contributed by atoms with E-state index in [0.717, 1.165) is 0 Å². The highest BCUT2D eigenvalue weighted by atomic mass is 16.5. The van der Waals surface area contributed by atoms with Gasteiger partial charge in [-0.3, -0.25) is 0 Å². The van der Waals surface area contributed by atoms with Gasteiger partial charge in [0.2, 0.25) is 0 Å². The smallest absolute Gasteiger partial charge is 0.347 e. The van der Waals surface area contributed by atoms with Crippen molar-refractivity contribution in [2.75, 3.05) is 7.11 Å². The van der Waals surface area contributed by atoms with Gasteiger partial charge < -0.3 is 14.6 Å². The Kier molecular flexibility index (Phi) is 3.19. The van der Waals surface area contributed by atoms with Crippen LogP contribution < -0.4 is 9.47 Å². The molecule has 0 aromatic heterocycles. The first-order valence-electron chi connectivity index (χ1n) is 4.52. The molecule has 0 atom stereocenters. The van der Waals surface area contributed by atoms with Crippen molar-refractivity contribution in [1.82, 2.24) is 0 Å². The van der Waals surface area contributed by atoms with Crippen LogP contribution in [0.3, 0.4) is 0 Å². The minimum Gasteiger partial charge on any atom is -0.497 e. The molecule has 0 unspecified atom stereocenters. The van der Waals surface area contributed by atoms with E-state index in [0.29, 0.717) is 11.5 Å². The average Bonchev–Trinajstić information content (AvgIpc) is 2.17. The quantitative estimate of drug-likeness (QED) is 0.825. The molecule has 1 aromatic carbocycles. The van der Waals surface area contributed by atoms with Crippen LogP contribution in [0.25, 0.3) is 0 Å². The molecule has 1 aromatic rings. The molecule has 0 spiro atoms. The Bertz CT molecular complexity index is 357. The Morgan fingerprint density at radius 2 is 1.93 bits per heavy atom. The largest absolute Gasteiger partial charge is 0.497 e. The van der Waals surface area contributed by atoms with Crippen molar-refractivity contribution in [2.45, 2.75) is 19.4 Å². The highest BCUT2D eigenvalue weighted by molar-refractivity contribution is 5.76. The number of carboxylic acids is 1. The van der Waals surface area contributed by atoms with Gasteiger partial charge in [-0.25, -0.2) is 4.79 Å². The zero-order valence-corrected chi connectivity index (χ0v) is 8.98. The summed E-state index contributed by atoms with van der Waals surface area (Å²) in [5.74, 6) is 0.0979. The first-order chi connectivity index (χ1) is 6.95. The summed E-state index contributed by atoms with van der Waals surface area (Å²) in [5, 5.41) is 8.87. The second kappa shape index (κ2) is 4.21. The predicted molar refractivity (Wildman–Crippen MR) is 55.3 cm³/mol.